The van der Waals surface area contributed by atoms with Crippen LogP contribution in [0.5, 0.6) is 0 Å². The van der Waals surface area contributed by atoms with Gasteiger partial charge in [0.1, 0.15) is 5.60 Å². The molecule has 0 aliphatic heterocycles. The van der Waals surface area contributed by atoms with Crippen LogP contribution in [0, 0.1) is 3.57 Å². The minimum atomic E-state index is -0.494. The van der Waals surface area contributed by atoms with Crippen molar-refractivity contribution >= 4 is 34.4 Å². The van der Waals surface area contributed by atoms with Crippen LogP contribution in [0.2, 0.25) is 0 Å². The maximum absolute atomic E-state index is 11.3. The lowest BCUT2D eigenvalue weighted by atomic mass is 10.2. The van der Waals surface area contributed by atoms with Gasteiger partial charge in [-0.2, -0.15) is 0 Å². The van der Waals surface area contributed by atoms with E-state index in [1.807, 2.05) is 45.0 Å². The number of carbonyl (C=O) groups excluding carboxylic acids is 1. The third-order valence-corrected chi connectivity index (χ3v) is 2.27. The molecule has 2 N–H and O–H groups in total. The van der Waals surface area contributed by atoms with Crippen LogP contribution in [0.3, 0.4) is 0 Å². The van der Waals surface area contributed by atoms with Crippen LogP contribution in [-0.4, -0.2) is 11.7 Å². The summed E-state index contributed by atoms with van der Waals surface area (Å²) in [5.41, 5.74) is 5.55. The smallest absolute Gasteiger partial charge is 0.426 e. The van der Waals surface area contributed by atoms with Gasteiger partial charge in [-0.1, -0.05) is 0 Å². The Morgan fingerprint density at radius 3 is 2.31 bits per heavy atom. The minimum Gasteiger partial charge on any atom is -0.443 e. The molecule has 0 saturated heterocycles. The molecule has 0 atom stereocenters. The van der Waals surface area contributed by atoms with E-state index in [0.717, 1.165) is 9.26 Å². The Morgan fingerprint density at radius 2 is 1.81 bits per heavy atom. The maximum Gasteiger partial charge on any atom is 0.426 e. The van der Waals surface area contributed by atoms with Gasteiger partial charge in [-0.05, 0) is 67.6 Å². The fourth-order valence-electron chi connectivity index (χ4n) is 0.960. The molecule has 16 heavy (non-hydrogen) atoms. The highest BCUT2D eigenvalue weighted by molar-refractivity contribution is 14.1. The Kier molecular flexibility index (Phi) is 4.40. The number of amides is 1. The van der Waals surface area contributed by atoms with Gasteiger partial charge >= 0.3 is 6.09 Å². The van der Waals surface area contributed by atoms with Crippen LogP contribution in [0.15, 0.2) is 24.3 Å². The molecule has 5 heteroatoms. The molecule has 1 amide bonds. The molecule has 0 spiro atoms. The minimum absolute atomic E-state index is 0.488. The van der Waals surface area contributed by atoms with Crippen molar-refractivity contribution < 1.29 is 9.53 Å². The lowest BCUT2D eigenvalue weighted by Crippen LogP contribution is -2.35. The van der Waals surface area contributed by atoms with E-state index in [0.29, 0.717) is 0 Å². The summed E-state index contributed by atoms with van der Waals surface area (Å²) in [6.45, 7) is 5.45. The fourth-order valence-corrected chi connectivity index (χ4v) is 1.32. The van der Waals surface area contributed by atoms with E-state index < -0.39 is 11.7 Å². The molecule has 1 aromatic carbocycles. The normalized spacial score (nSPS) is 10.8. The Labute approximate surface area is 109 Å². The van der Waals surface area contributed by atoms with Crippen LogP contribution in [0.25, 0.3) is 0 Å². The zero-order valence-electron chi connectivity index (χ0n) is 9.50. The molecule has 0 saturated carbocycles. The summed E-state index contributed by atoms with van der Waals surface area (Å²) in [5, 5.41) is 0. The number of ether oxygens (including phenoxy) is 1. The highest BCUT2D eigenvalue weighted by Gasteiger charge is 2.15. The Bertz CT molecular complexity index is 357. The molecule has 1 rings (SSSR count). The number of hydrogen-bond acceptors (Lipinski definition) is 3. The van der Waals surface area contributed by atoms with Crippen LogP contribution >= 0.6 is 22.6 Å². The van der Waals surface area contributed by atoms with Gasteiger partial charge in [-0.25, -0.2) is 10.2 Å². The quantitative estimate of drug-likeness (QED) is 0.645. The number of anilines is 1. The number of nitrogens with one attached hydrogen (secondary N) is 2. The molecule has 0 bridgehead atoms. The Morgan fingerprint density at radius 1 is 1.25 bits per heavy atom. The van der Waals surface area contributed by atoms with E-state index in [1.165, 1.54) is 0 Å². The average molecular weight is 334 g/mol. The molecule has 0 aliphatic carbocycles. The van der Waals surface area contributed by atoms with Gasteiger partial charge in [0.15, 0.2) is 0 Å². The van der Waals surface area contributed by atoms with Crippen LogP contribution in [0.4, 0.5) is 10.5 Å². The number of hydrazine groups is 1. The lowest BCUT2D eigenvalue weighted by molar-refractivity contribution is 0.0541. The molecule has 0 fully saturated rings. The molecule has 1 aromatic rings. The standard InChI is InChI=1S/C11H15IN2O2/c1-11(2,3)16-10(15)14-13-9-6-4-8(12)5-7-9/h4-7,13H,1-3H3,(H,14,15). The maximum atomic E-state index is 11.3. The summed E-state index contributed by atoms with van der Waals surface area (Å²) < 4.78 is 6.21. The fraction of sp³-hybridized carbons (Fsp3) is 0.364. The van der Waals surface area contributed by atoms with Crippen molar-refractivity contribution in [1.29, 1.82) is 0 Å². The van der Waals surface area contributed by atoms with Gasteiger partial charge < -0.3 is 4.74 Å². The van der Waals surface area contributed by atoms with Crippen LogP contribution < -0.4 is 10.9 Å². The van der Waals surface area contributed by atoms with Gasteiger partial charge in [0.05, 0.1) is 5.69 Å². The molecule has 0 unspecified atom stereocenters. The molecular weight excluding hydrogens is 319 g/mol. The summed E-state index contributed by atoms with van der Waals surface area (Å²) in [5.74, 6) is 0. The van der Waals surface area contributed by atoms with E-state index in [4.69, 9.17) is 4.74 Å². The van der Waals surface area contributed by atoms with Gasteiger partial charge in [-0.3, -0.25) is 5.43 Å². The first-order valence-corrected chi connectivity index (χ1v) is 5.95. The zero-order valence-corrected chi connectivity index (χ0v) is 11.7. The SMILES string of the molecule is CC(C)(C)OC(=O)NNc1ccc(I)cc1. The van der Waals surface area contributed by atoms with Crippen molar-refractivity contribution in [3.8, 4) is 0 Å². The van der Waals surface area contributed by atoms with Gasteiger partial charge in [0.25, 0.3) is 0 Å². The summed E-state index contributed by atoms with van der Waals surface area (Å²) in [7, 11) is 0. The second kappa shape index (κ2) is 5.38. The van der Waals surface area contributed by atoms with E-state index in [-0.39, 0.29) is 0 Å². The summed E-state index contributed by atoms with van der Waals surface area (Å²) in [6.07, 6.45) is -0.494. The van der Waals surface area contributed by atoms with Crippen molar-refractivity contribution in [2.75, 3.05) is 5.43 Å². The third-order valence-electron chi connectivity index (χ3n) is 1.55. The summed E-state index contributed by atoms with van der Waals surface area (Å²) >= 11 is 2.22. The predicted octanol–water partition coefficient (Wildman–Crippen LogP) is 3.14. The topological polar surface area (TPSA) is 50.4 Å². The van der Waals surface area contributed by atoms with Crippen molar-refractivity contribution in [1.82, 2.24) is 5.43 Å². The second-order valence-corrected chi connectivity index (χ2v) is 5.50. The third kappa shape index (κ3) is 5.20. The second-order valence-electron chi connectivity index (χ2n) is 4.26. The number of carbonyl (C=O) groups is 1. The first kappa shape index (κ1) is 13.1. The Hall–Kier alpha value is -0.980. The van der Waals surface area contributed by atoms with Gasteiger partial charge in [0.2, 0.25) is 0 Å². The van der Waals surface area contributed by atoms with Crippen molar-refractivity contribution in [2.24, 2.45) is 0 Å². The average Bonchev–Trinajstić information content (AvgIpc) is 2.14. The highest BCUT2D eigenvalue weighted by atomic mass is 127. The molecule has 88 valence electrons. The Balaban J connectivity index is 2.40. The number of benzene rings is 1. The number of halogens is 1. The van der Waals surface area contributed by atoms with Gasteiger partial charge in [0, 0.05) is 3.57 Å². The van der Waals surface area contributed by atoms with Gasteiger partial charge in [-0.15, -0.1) is 0 Å². The largest absolute Gasteiger partial charge is 0.443 e. The number of hydrogen-bond donors (Lipinski definition) is 2. The van der Waals surface area contributed by atoms with Crippen LogP contribution in [0.1, 0.15) is 20.8 Å². The molecule has 0 aromatic heterocycles. The molecule has 4 nitrogen and oxygen atoms in total. The van der Waals surface area contributed by atoms with Crippen molar-refractivity contribution in [2.45, 2.75) is 26.4 Å². The van der Waals surface area contributed by atoms with E-state index in [1.54, 1.807) is 0 Å². The van der Waals surface area contributed by atoms with E-state index in [9.17, 15) is 4.79 Å². The first-order chi connectivity index (χ1) is 7.37. The van der Waals surface area contributed by atoms with Crippen LogP contribution in [-0.2, 0) is 4.74 Å². The van der Waals surface area contributed by atoms with Crippen molar-refractivity contribution in [3.63, 3.8) is 0 Å². The number of rotatable bonds is 2. The van der Waals surface area contributed by atoms with Crippen molar-refractivity contribution in [3.05, 3.63) is 27.8 Å². The molecule has 0 radical (unpaired) electrons. The summed E-state index contributed by atoms with van der Waals surface area (Å²) in [6, 6.07) is 7.64. The lowest BCUT2D eigenvalue weighted by Gasteiger charge is -2.20. The monoisotopic (exact) mass is 334 g/mol. The highest BCUT2D eigenvalue weighted by Crippen LogP contribution is 2.10. The molecular formula is C11H15IN2O2. The first-order valence-electron chi connectivity index (χ1n) is 4.87. The predicted molar refractivity (Wildman–Crippen MR) is 72.2 cm³/mol. The molecule has 0 heterocycles. The molecule has 0 aliphatic rings. The van der Waals surface area contributed by atoms with E-state index in [2.05, 4.69) is 33.4 Å². The van der Waals surface area contributed by atoms with E-state index >= 15 is 0 Å². The zero-order chi connectivity index (χ0) is 12.2. The summed E-state index contributed by atoms with van der Waals surface area (Å²) in [4.78, 5) is 11.3.